The van der Waals surface area contributed by atoms with Crippen molar-refractivity contribution in [2.75, 3.05) is 18.0 Å². The molecule has 1 amide bonds. The lowest BCUT2D eigenvalue weighted by Gasteiger charge is -2.33. The maximum Gasteiger partial charge on any atom is 0.223 e. The van der Waals surface area contributed by atoms with Crippen molar-refractivity contribution >= 4 is 11.6 Å². The predicted octanol–water partition coefficient (Wildman–Crippen LogP) is 2.64. The van der Waals surface area contributed by atoms with Crippen LogP contribution in [0.15, 0.2) is 42.9 Å². The zero-order valence-corrected chi connectivity index (χ0v) is 13.7. The van der Waals surface area contributed by atoms with Gasteiger partial charge in [0.05, 0.1) is 17.6 Å². The number of carbonyl (C=O) groups is 1. The summed E-state index contributed by atoms with van der Waals surface area (Å²) in [5.41, 5.74) is 3.12. The van der Waals surface area contributed by atoms with Gasteiger partial charge in [0, 0.05) is 30.6 Å². The van der Waals surface area contributed by atoms with Crippen LogP contribution < -0.4 is 10.2 Å². The Balaban J connectivity index is 1.47. The maximum atomic E-state index is 12.2. The summed E-state index contributed by atoms with van der Waals surface area (Å²) in [5.74, 6) is 0.386. The third-order valence-electron chi connectivity index (χ3n) is 4.87. The Hall–Kier alpha value is -2.43. The number of nitrogens with zero attached hydrogens (tertiary/aromatic N) is 3. The molecule has 0 atom stereocenters. The number of hydrogen-bond acceptors (Lipinski definition) is 4. The highest BCUT2D eigenvalue weighted by Crippen LogP contribution is 2.31. The number of piperidine rings is 1. The van der Waals surface area contributed by atoms with E-state index in [9.17, 15) is 4.79 Å². The fourth-order valence-corrected chi connectivity index (χ4v) is 3.30. The fraction of sp³-hybridized carbons (Fsp3) is 0.421. The molecule has 1 aromatic carbocycles. The van der Waals surface area contributed by atoms with Crippen molar-refractivity contribution in [2.24, 2.45) is 5.92 Å². The second-order valence-electron chi connectivity index (χ2n) is 6.67. The monoisotopic (exact) mass is 322 g/mol. The number of anilines is 1. The number of rotatable bonds is 4. The van der Waals surface area contributed by atoms with E-state index in [4.69, 9.17) is 0 Å². The van der Waals surface area contributed by atoms with E-state index in [0.29, 0.717) is 6.04 Å². The molecule has 2 aliphatic rings. The number of amides is 1. The van der Waals surface area contributed by atoms with Gasteiger partial charge < -0.3 is 10.2 Å². The van der Waals surface area contributed by atoms with Crippen molar-refractivity contribution in [1.29, 1.82) is 0 Å². The second kappa shape index (κ2) is 6.59. The fourth-order valence-electron chi connectivity index (χ4n) is 3.30. The minimum absolute atomic E-state index is 0.145. The molecule has 0 spiro atoms. The summed E-state index contributed by atoms with van der Waals surface area (Å²) < 4.78 is 0. The molecule has 1 aliphatic carbocycles. The Kier molecular flexibility index (Phi) is 4.15. The molecule has 1 aromatic heterocycles. The number of aromatic nitrogens is 2. The summed E-state index contributed by atoms with van der Waals surface area (Å²) in [4.78, 5) is 23.2. The zero-order valence-electron chi connectivity index (χ0n) is 13.7. The van der Waals surface area contributed by atoms with Crippen LogP contribution in [-0.4, -0.2) is 35.0 Å². The van der Waals surface area contributed by atoms with Crippen LogP contribution in [0.1, 0.15) is 25.7 Å². The average molecular weight is 322 g/mol. The average Bonchev–Trinajstić information content (AvgIpc) is 3.46. The largest absolute Gasteiger partial charge is 0.368 e. The van der Waals surface area contributed by atoms with Crippen LogP contribution in [-0.2, 0) is 4.79 Å². The molecule has 24 heavy (non-hydrogen) atoms. The third kappa shape index (κ3) is 3.25. The molecule has 2 heterocycles. The quantitative estimate of drug-likeness (QED) is 0.940. The molecule has 1 N–H and O–H groups in total. The minimum atomic E-state index is 0.145. The van der Waals surface area contributed by atoms with E-state index in [1.54, 1.807) is 6.33 Å². The van der Waals surface area contributed by atoms with Gasteiger partial charge in [-0.25, -0.2) is 9.97 Å². The first kappa shape index (κ1) is 15.1. The van der Waals surface area contributed by atoms with Gasteiger partial charge in [-0.2, -0.15) is 0 Å². The van der Waals surface area contributed by atoms with Gasteiger partial charge in [0.25, 0.3) is 0 Å². The van der Waals surface area contributed by atoms with E-state index in [1.807, 2.05) is 24.4 Å². The van der Waals surface area contributed by atoms with Crippen LogP contribution in [0, 0.1) is 5.92 Å². The Morgan fingerprint density at radius 3 is 2.54 bits per heavy atom. The van der Waals surface area contributed by atoms with Crippen LogP contribution in [0.25, 0.3) is 11.3 Å². The van der Waals surface area contributed by atoms with E-state index < -0.39 is 0 Å². The maximum absolute atomic E-state index is 12.2. The molecule has 5 heteroatoms. The van der Waals surface area contributed by atoms with Crippen LogP contribution in [0.5, 0.6) is 0 Å². The molecule has 4 rings (SSSR count). The van der Waals surface area contributed by atoms with Gasteiger partial charge in [0.15, 0.2) is 0 Å². The van der Waals surface area contributed by atoms with Crippen molar-refractivity contribution < 1.29 is 4.79 Å². The van der Waals surface area contributed by atoms with Crippen molar-refractivity contribution in [2.45, 2.75) is 31.7 Å². The Morgan fingerprint density at radius 1 is 1.08 bits per heavy atom. The van der Waals surface area contributed by atoms with Crippen molar-refractivity contribution in [1.82, 2.24) is 15.3 Å². The molecule has 2 fully saturated rings. The lowest BCUT2D eigenvalue weighted by atomic mass is 9.95. The van der Waals surface area contributed by atoms with E-state index in [1.165, 1.54) is 0 Å². The van der Waals surface area contributed by atoms with E-state index >= 15 is 0 Å². The predicted molar refractivity (Wildman–Crippen MR) is 93.6 cm³/mol. The highest BCUT2D eigenvalue weighted by atomic mass is 16.2. The van der Waals surface area contributed by atoms with Gasteiger partial charge in [0.2, 0.25) is 5.91 Å². The van der Waals surface area contributed by atoms with Crippen LogP contribution in [0.3, 0.4) is 0 Å². The summed E-state index contributed by atoms with van der Waals surface area (Å²) in [7, 11) is 0. The van der Waals surface area contributed by atoms with Gasteiger partial charge in [-0.15, -0.1) is 0 Å². The van der Waals surface area contributed by atoms with E-state index in [-0.39, 0.29) is 11.8 Å². The molecule has 1 saturated heterocycles. The molecule has 0 radical (unpaired) electrons. The Morgan fingerprint density at radius 2 is 1.83 bits per heavy atom. The third-order valence-corrected chi connectivity index (χ3v) is 4.87. The SMILES string of the molecule is O=C(NC1CC1)C1CCN(c2cncnc2-c2ccccc2)CC1. The molecule has 2 aromatic rings. The molecular weight excluding hydrogens is 300 g/mol. The van der Waals surface area contributed by atoms with E-state index in [2.05, 4.69) is 32.3 Å². The zero-order chi connectivity index (χ0) is 16.4. The Bertz CT molecular complexity index is 706. The number of benzene rings is 1. The molecule has 0 bridgehead atoms. The van der Waals surface area contributed by atoms with Gasteiger partial charge >= 0.3 is 0 Å². The first-order valence-electron chi connectivity index (χ1n) is 8.72. The van der Waals surface area contributed by atoms with Crippen molar-refractivity contribution in [3.63, 3.8) is 0 Å². The summed E-state index contributed by atoms with van der Waals surface area (Å²) in [6, 6.07) is 10.6. The Labute approximate surface area is 142 Å². The number of nitrogens with one attached hydrogen (secondary N) is 1. The first-order chi connectivity index (χ1) is 11.8. The highest BCUT2D eigenvalue weighted by molar-refractivity contribution is 5.80. The summed E-state index contributed by atoms with van der Waals surface area (Å²) in [6.07, 6.45) is 7.56. The molecule has 124 valence electrons. The topological polar surface area (TPSA) is 58.1 Å². The summed E-state index contributed by atoms with van der Waals surface area (Å²) in [5, 5.41) is 3.13. The van der Waals surface area contributed by atoms with Crippen molar-refractivity contribution in [3.8, 4) is 11.3 Å². The number of hydrogen-bond donors (Lipinski definition) is 1. The molecular formula is C19H22N4O. The normalized spacial score (nSPS) is 18.4. The van der Waals surface area contributed by atoms with Gasteiger partial charge in [-0.3, -0.25) is 4.79 Å². The molecule has 1 aliphatic heterocycles. The first-order valence-corrected chi connectivity index (χ1v) is 8.72. The molecule has 0 unspecified atom stereocenters. The van der Waals surface area contributed by atoms with Gasteiger partial charge in [0.1, 0.15) is 6.33 Å². The van der Waals surface area contributed by atoms with Crippen LogP contribution in [0.4, 0.5) is 5.69 Å². The highest BCUT2D eigenvalue weighted by Gasteiger charge is 2.30. The number of carbonyl (C=O) groups excluding carboxylic acids is 1. The lowest BCUT2D eigenvalue weighted by Crippen LogP contribution is -2.41. The second-order valence-corrected chi connectivity index (χ2v) is 6.67. The van der Waals surface area contributed by atoms with Gasteiger partial charge in [-0.1, -0.05) is 30.3 Å². The lowest BCUT2D eigenvalue weighted by molar-refractivity contribution is -0.125. The molecule has 5 nitrogen and oxygen atoms in total. The standard InChI is InChI=1S/C19H22N4O/c24-19(22-16-6-7-16)15-8-10-23(11-9-15)17-12-20-13-21-18(17)14-4-2-1-3-5-14/h1-5,12-13,15-16H,6-11H2,(H,22,24). The van der Waals surface area contributed by atoms with E-state index in [0.717, 1.165) is 55.7 Å². The summed E-state index contributed by atoms with van der Waals surface area (Å²) >= 11 is 0. The van der Waals surface area contributed by atoms with Crippen LogP contribution in [0.2, 0.25) is 0 Å². The van der Waals surface area contributed by atoms with Gasteiger partial charge in [-0.05, 0) is 25.7 Å². The van der Waals surface area contributed by atoms with Crippen LogP contribution >= 0.6 is 0 Å². The van der Waals surface area contributed by atoms with Crippen molar-refractivity contribution in [3.05, 3.63) is 42.9 Å². The smallest absolute Gasteiger partial charge is 0.223 e. The minimum Gasteiger partial charge on any atom is -0.368 e. The summed E-state index contributed by atoms with van der Waals surface area (Å²) in [6.45, 7) is 1.74. The molecule has 1 saturated carbocycles.